The normalized spacial score (nSPS) is 16.4. The fourth-order valence-electron chi connectivity index (χ4n) is 4.77. The summed E-state index contributed by atoms with van der Waals surface area (Å²) < 4.78 is 5.94. The van der Waals surface area contributed by atoms with Gasteiger partial charge < -0.3 is 24.8 Å². The number of aromatic nitrogens is 5. The zero-order valence-electron chi connectivity index (χ0n) is 21.0. The number of piperazine rings is 1. The lowest BCUT2D eigenvalue weighted by Crippen LogP contribution is -2.44. The van der Waals surface area contributed by atoms with Gasteiger partial charge in [0.1, 0.15) is 24.1 Å². The molecule has 6 heterocycles. The predicted molar refractivity (Wildman–Crippen MR) is 145 cm³/mol. The average molecular weight is 498 g/mol. The van der Waals surface area contributed by atoms with Gasteiger partial charge in [0.25, 0.3) is 0 Å². The minimum absolute atomic E-state index is 0.349. The first kappa shape index (κ1) is 23.4. The molecule has 6 rings (SSSR count). The second-order valence-corrected chi connectivity index (χ2v) is 9.58. The van der Waals surface area contributed by atoms with Crippen molar-refractivity contribution in [1.29, 1.82) is 0 Å². The van der Waals surface area contributed by atoms with Crippen molar-refractivity contribution in [2.24, 2.45) is 0 Å². The molecule has 0 saturated carbocycles. The minimum atomic E-state index is 0.349. The molecular weight excluding hydrogens is 466 g/mol. The summed E-state index contributed by atoms with van der Waals surface area (Å²) in [6, 6.07) is 10.3. The number of rotatable bonds is 7. The summed E-state index contributed by atoms with van der Waals surface area (Å²) in [5, 5.41) is 4.30. The van der Waals surface area contributed by atoms with E-state index in [0.29, 0.717) is 18.4 Å². The number of pyridine rings is 3. The Labute approximate surface area is 216 Å². The first-order chi connectivity index (χ1) is 18.2. The van der Waals surface area contributed by atoms with Crippen molar-refractivity contribution < 1.29 is 4.74 Å². The largest absolute Gasteiger partial charge is 0.458 e. The summed E-state index contributed by atoms with van der Waals surface area (Å²) in [4.78, 5) is 29.9. The number of likely N-dealkylation sites (N-methyl/N-ethyl adjacent to an activating group) is 1. The zero-order chi connectivity index (χ0) is 25.0. The quantitative estimate of drug-likeness (QED) is 0.409. The average Bonchev–Trinajstić information content (AvgIpc) is 3.48. The topological polar surface area (TPSA) is 95.4 Å². The van der Waals surface area contributed by atoms with Crippen LogP contribution in [0, 0.1) is 0 Å². The lowest BCUT2D eigenvalue weighted by atomic mass is 10.2. The molecule has 4 aromatic rings. The molecule has 0 aliphatic carbocycles. The Kier molecular flexibility index (Phi) is 6.64. The lowest BCUT2D eigenvalue weighted by Gasteiger charge is -2.33. The van der Waals surface area contributed by atoms with Gasteiger partial charge in [-0.3, -0.25) is 4.98 Å². The van der Waals surface area contributed by atoms with E-state index in [1.807, 2.05) is 30.5 Å². The number of hydrogen-bond donors (Lipinski definition) is 1. The molecule has 2 fully saturated rings. The maximum absolute atomic E-state index is 5.94. The molecule has 0 unspecified atom stereocenters. The molecule has 4 aromatic heterocycles. The SMILES string of the molecule is CN1CCN(c2ccc(Nc3cc4c(N5CCCC5)nc(OCc5cccnc5)nc4cn3)nc2)CC1. The van der Waals surface area contributed by atoms with Crippen molar-refractivity contribution in [3.05, 3.63) is 60.7 Å². The molecule has 37 heavy (non-hydrogen) atoms. The van der Waals surface area contributed by atoms with Gasteiger partial charge in [-0.1, -0.05) is 6.07 Å². The summed E-state index contributed by atoms with van der Waals surface area (Å²) >= 11 is 0. The highest BCUT2D eigenvalue weighted by molar-refractivity contribution is 5.91. The molecule has 0 spiro atoms. The van der Waals surface area contributed by atoms with Crippen LogP contribution < -0.4 is 19.9 Å². The van der Waals surface area contributed by atoms with Gasteiger partial charge in [-0.05, 0) is 44.2 Å². The molecule has 2 aliphatic heterocycles. The molecule has 0 radical (unpaired) electrons. The van der Waals surface area contributed by atoms with Gasteiger partial charge in [0.15, 0.2) is 0 Å². The van der Waals surface area contributed by atoms with E-state index >= 15 is 0 Å². The number of fused-ring (bicyclic) bond motifs is 1. The van der Waals surface area contributed by atoms with E-state index in [1.165, 1.54) is 0 Å². The third-order valence-corrected chi connectivity index (χ3v) is 6.91. The van der Waals surface area contributed by atoms with Crippen LogP contribution in [0.3, 0.4) is 0 Å². The highest BCUT2D eigenvalue weighted by Crippen LogP contribution is 2.31. The predicted octanol–water partition coefficient (Wildman–Crippen LogP) is 3.49. The maximum Gasteiger partial charge on any atom is 0.319 e. The van der Waals surface area contributed by atoms with E-state index in [-0.39, 0.29) is 0 Å². The number of hydrogen-bond acceptors (Lipinski definition) is 10. The number of nitrogens with one attached hydrogen (secondary N) is 1. The van der Waals surface area contributed by atoms with Crippen molar-refractivity contribution in [3.8, 4) is 6.01 Å². The van der Waals surface area contributed by atoms with Crippen LogP contribution in [-0.2, 0) is 6.61 Å². The van der Waals surface area contributed by atoms with Crippen LogP contribution in [-0.4, -0.2) is 76.1 Å². The Morgan fingerprint density at radius 1 is 0.865 bits per heavy atom. The standard InChI is InChI=1S/C27H31N9O/c1-34-11-13-35(14-12-34)21-6-7-24(29-17-21)32-25-15-22-23(18-30-25)31-27(33-26(22)36-9-2-3-10-36)37-19-20-5-4-8-28-16-20/h4-8,15-18H,2-3,9-14,19H2,1H3,(H,29,30,32). The molecule has 0 atom stereocenters. The van der Waals surface area contributed by atoms with Crippen LogP contribution in [0.15, 0.2) is 55.1 Å². The van der Waals surface area contributed by atoms with E-state index < -0.39 is 0 Å². The molecule has 1 N–H and O–H groups in total. The Hall–Kier alpha value is -4.05. The highest BCUT2D eigenvalue weighted by Gasteiger charge is 2.20. The van der Waals surface area contributed by atoms with Gasteiger partial charge in [-0.2, -0.15) is 9.97 Å². The van der Waals surface area contributed by atoms with Gasteiger partial charge in [-0.15, -0.1) is 0 Å². The van der Waals surface area contributed by atoms with Crippen molar-refractivity contribution in [2.45, 2.75) is 19.4 Å². The van der Waals surface area contributed by atoms with Crippen molar-refractivity contribution in [1.82, 2.24) is 29.8 Å². The second-order valence-electron chi connectivity index (χ2n) is 9.58. The highest BCUT2D eigenvalue weighted by atomic mass is 16.5. The fourth-order valence-corrected chi connectivity index (χ4v) is 4.77. The molecule has 0 bridgehead atoms. The number of nitrogens with zero attached hydrogens (tertiary/aromatic N) is 8. The first-order valence-electron chi connectivity index (χ1n) is 12.8. The molecule has 190 valence electrons. The summed E-state index contributed by atoms with van der Waals surface area (Å²) in [5.74, 6) is 2.35. The number of ether oxygens (including phenoxy) is 1. The van der Waals surface area contributed by atoms with E-state index in [2.05, 4.69) is 53.1 Å². The summed E-state index contributed by atoms with van der Waals surface area (Å²) in [5.41, 5.74) is 2.87. The van der Waals surface area contributed by atoms with Gasteiger partial charge in [-0.25, -0.2) is 9.97 Å². The maximum atomic E-state index is 5.94. The summed E-state index contributed by atoms with van der Waals surface area (Å²) in [6.45, 7) is 6.47. The van der Waals surface area contributed by atoms with Crippen LogP contribution in [0.4, 0.5) is 23.1 Å². The molecular formula is C27H31N9O. The summed E-state index contributed by atoms with van der Waals surface area (Å²) in [6.07, 6.45) is 9.53. The Morgan fingerprint density at radius 2 is 1.70 bits per heavy atom. The molecule has 0 amide bonds. The Morgan fingerprint density at radius 3 is 2.46 bits per heavy atom. The van der Waals surface area contributed by atoms with Crippen LogP contribution in [0.25, 0.3) is 10.9 Å². The van der Waals surface area contributed by atoms with E-state index in [0.717, 1.165) is 85.9 Å². The van der Waals surface area contributed by atoms with Crippen LogP contribution >= 0.6 is 0 Å². The molecule has 10 heteroatoms. The van der Waals surface area contributed by atoms with Gasteiger partial charge in [0.05, 0.1) is 23.6 Å². The second kappa shape index (κ2) is 10.5. The zero-order valence-corrected chi connectivity index (χ0v) is 21.0. The smallest absolute Gasteiger partial charge is 0.319 e. The van der Waals surface area contributed by atoms with Crippen molar-refractivity contribution in [2.75, 3.05) is 61.4 Å². The monoisotopic (exact) mass is 497 g/mol. The van der Waals surface area contributed by atoms with E-state index in [1.54, 1.807) is 18.6 Å². The molecule has 2 saturated heterocycles. The molecule has 2 aliphatic rings. The van der Waals surface area contributed by atoms with Crippen molar-refractivity contribution in [3.63, 3.8) is 0 Å². The fraction of sp³-hybridized carbons (Fsp3) is 0.370. The van der Waals surface area contributed by atoms with Gasteiger partial charge in [0.2, 0.25) is 0 Å². The first-order valence-corrected chi connectivity index (χ1v) is 12.8. The lowest BCUT2D eigenvalue weighted by molar-refractivity contribution is 0.282. The Balaban J connectivity index is 1.23. The van der Waals surface area contributed by atoms with Crippen LogP contribution in [0.1, 0.15) is 18.4 Å². The van der Waals surface area contributed by atoms with Gasteiger partial charge >= 0.3 is 6.01 Å². The third-order valence-electron chi connectivity index (χ3n) is 6.91. The third kappa shape index (κ3) is 5.39. The summed E-state index contributed by atoms with van der Waals surface area (Å²) in [7, 11) is 2.16. The van der Waals surface area contributed by atoms with E-state index in [4.69, 9.17) is 9.72 Å². The van der Waals surface area contributed by atoms with Gasteiger partial charge in [0, 0.05) is 62.6 Å². The molecule has 0 aromatic carbocycles. The minimum Gasteiger partial charge on any atom is -0.458 e. The number of anilines is 4. The molecule has 10 nitrogen and oxygen atoms in total. The van der Waals surface area contributed by atoms with Crippen LogP contribution in [0.2, 0.25) is 0 Å². The van der Waals surface area contributed by atoms with Crippen LogP contribution in [0.5, 0.6) is 6.01 Å². The Bertz CT molecular complexity index is 1340. The van der Waals surface area contributed by atoms with Crippen molar-refractivity contribution >= 4 is 34.0 Å². The van der Waals surface area contributed by atoms with E-state index in [9.17, 15) is 0 Å².